The second kappa shape index (κ2) is 6.19. The van der Waals surface area contributed by atoms with Gasteiger partial charge in [0.25, 0.3) is 0 Å². The number of hydrogen-bond acceptors (Lipinski definition) is 2. The smallest absolute Gasteiger partial charge is 0.234 e. The summed E-state index contributed by atoms with van der Waals surface area (Å²) >= 11 is 3.41. The molecule has 1 saturated carbocycles. The Labute approximate surface area is 112 Å². The van der Waals surface area contributed by atoms with E-state index < -0.39 is 0 Å². The Hall–Kier alpha value is -0.0900. The molecular weight excluding hydrogens is 282 g/mol. The van der Waals surface area contributed by atoms with E-state index >= 15 is 0 Å². The first-order chi connectivity index (χ1) is 7.90. The molecule has 1 atom stereocenters. The molecule has 0 bridgehead atoms. The van der Waals surface area contributed by atoms with Crippen LogP contribution < -0.4 is 5.32 Å². The lowest BCUT2D eigenvalue weighted by atomic mass is 9.77. The summed E-state index contributed by atoms with van der Waals surface area (Å²) in [6.45, 7) is 6.29. The van der Waals surface area contributed by atoms with Gasteiger partial charge in [0.1, 0.15) is 0 Å². The van der Waals surface area contributed by atoms with E-state index in [-0.39, 0.29) is 28.8 Å². The molecule has 1 fully saturated rings. The van der Waals surface area contributed by atoms with Crippen molar-refractivity contribution in [2.24, 2.45) is 11.8 Å². The Balaban J connectivity index is 2.60. The summed E-state index contributed by atoms with van der Waals surface area (Å²) in [5.41, 5.74) is -0.384. The molecule has 1 rings (SSSR count). The molecule has 1 unspecified atom stereocenters. The zero-order chi connectivity index (χ0) is 13.1. The minimum atomic E-state index is -0.384. The van der Waals surface area contributed by atoms with E-state index in [4.69, 9.17) is 0 Å². The summed E-state index contributed by atoms with van der Waals surface area (Å²) in [7, 11) is 0. The highest BCUT2D eigenvalue weighted by Gasteiger charge is 2.36. The van der Waals surface area contributed by atoms with E-state index in [1.807, 2.05) is 13.8 Å². The van der Waals surface area contributed by atoms with E-state index in [9.17, 15) is 9.90 Å². The van der Waals surface area contributed by atoms with Gasteiger partial charge in [0, 0.05) is 0 Å². The number of carbonyl (C=O) groups excluding carboxylic acids is 1. The van der Waals surface area contributed by atoms with Crippen molar-refractivity contribution in [3.8, 4) is 0 Å². The van der Waals surface area contributed by atoms with Crippen LogP contribution in [0.5, 0.6) is 0 Å². The number of rotatable bonds is 4. The maximum Gasteiger partial charge on any atom is 0.234 e. The molecule has 0 heterocycles. The first-order valence-electron chi connectivity index (χ1n) is 6.47. The van der Waals surface area contributed by atoms with Crippen LogP contribution in [0.25, 0.3) is 0 Å². The second-order valence-electron chi connectivity index (χ2n) is 5.76. The van der Waals surface area contributed by atoms with Gasteiger partial charge in [0.15, 0.2) is 0 Å². The number of alkyl halides is 1. The molecule has 0 aromatic carbocycles. The number of aliphatic hydroxyl groups excluding tert-OH is 1. The van der Waals surface area contributed by atoms with Crippen molar-refractivity contribution in [1.29, 1.82) is 0 Å². The van der Waals surface area contributed by atoms with Gasteiger partial charge < -0.3 is 10.4 Å². The summed E-state index contributed by atoms with van der Waals surface area (Å²) < 4.78 is 0. The number of hydrogen-bond donors (Lipinski definition) is 2. The van der Waals surface area contributed by atoms with Gasteiger partial charge in [-0.05, 0) is 37.5 Å². The van der Waals surface area contributed by atoms with E-state index in [1.165, 1.54) is 0 Å². The molecule has 1 aliphatic rings. The zero-order valence-electron chi connectivity index (χ0n) is 11.0. The van der Waals surface area contributed by atoms with Gasteiger partial charge >= 0.3 is 0 Å². The lowest BCUT2D eigenvalue weighted by molar-refractivity contribution is -0.124. The molecule has 4 heteroatoms. The number of halogens is 1. The molecule has 3 nitrogen and oxygen atoms in total. The summed E-state index contributed by atoms with van der Waals surface area (Å²) in [5.74, 6) is 0.966. The molecule has 0 aromatic heterocycles. The summed E-state index contributed by atoms with van der Waals surface area (Å²) in [6.07, 6.45) is 3.92. The van der Waals surface area contributed by atoms with Crippen molar-refractivity contribution in [3.63, 3.8) is 0 Å². The fourth-order valence-electron chi connectivity index (χ4n) is 2.27. The van der Waals surface area contributed by atoms with Gasteiger partial charge in [-0.1, -0.05) is 36.7 Å². The van der Waals surface area contributed by atoms with Gasteiger partial charge in [0.05, 0.1) is 17.0 Å². The summed E-state index contributed by atoms with van der Waals surface area (Å²) in [5, 5.41) is 12.6. The van der Waals surface area contributed by atoms with Crippen LogP contribution in [0, 0.1) is 11.8 Å². The first-order valence-corrected chi connectivity index (χ1v) is 7.39. The first kappa shape index (κ1) is 15.0. The van der Waals surface area contributed by atoms with Crippen LogP contribution in [-0.2, 0) is 4.79 Å². The van der Waals surface area contributed by atoms with E-state index in [0.717, 1.165) is 25.7 Å². The van der Waals surface area contributed by atoms with Crippen LogP contribution in [0.2, 0.25) is 0 Å². The third kappa shape index (κ3) is 3.95. The number of amides is 1. The second-order valence-corrected chi connectivity index (χ2v) is 6.74. The molecule has 1 aliphatic carbocycles. The summed E-state index contributed by atoms with van der Waals surface area (Å²) in [6, 6.07) is 0. The highest BCUT2D eigenvalue weighted by molar-refractivity contribution is 9.10. The molecular formula is C13H24BrNO2. The van der Waals surface area contributed by atoms with E-state index in [2.05, 4.69) is 28.2 Å². The number of aliphatic hydroxyl groups is 1. The van der Waals surface area contributed by atoms with E-state index in [0.29, 0.717) is 5.92 Å². The monoisotopic (exact) mass is 305 g/mol. The highest BCUT2D eigenvalue weighted by Crippen LogP contribution is 2.32. The number of carbonyl (C=O) groups is 1. The lowest BCUT2D eigenvalue weighted by Gasteiger charge is -2.39. The largest absolute Gasteiger partial charge is 0.394 e. The third-order valence-corrected chi connectivity index (χ3v) is 5.23. The Morgan fingerprint density at radius 1 is 1.47 bits per heavy atom. The predicted molar refractivity (Wildman–Crippen MR) is 73.1 cm³/mol. The van der Waals surface area contributed by atoms with Crippen molar-refractivity contribution in [2.45, 2.75) is 56.8 Å². The van der Waals surface area contributed by atoms with Crippen molar-refractivity contribution in [2.75, 3.05) is 6.61 Å². The normalized spacial score (nSPS) is 31.3. The zero-order valence-corrected chi connectivity index (χ0v) is 12.6. The van der Waals surface area contributed by atoms with Gasteiger partial charge in [0.2, 0.25) is 5.91 Å². The highest BCUT2D eigenvalue weighted by atomic mass is 79.9. The minimum Gasteiger partial charge on any atom is -0.394 e. The molecule has 2 N–H and O–H groups in total. The Bertz CT molecular complexity index is 260. The van der Waals surface area contributed by atoms with Crippen molar-refractivity contribution in [1.82, 2.24) is 5.32 Å². The minimum absolute atomic E-state index is 0.00334. The van der Waals surface area contributed by atoms with Gasteiger partial charge in [-0.3, -0.25) is 4.79 Å². The topological polar surface area (TPSA) is 49.3 Å². The lowest BCUT2D eigenvalue weighted by Crippen LogP contribution is -2.55. The van der Waals surface area contributed by atoms with Crippen molar-refractivity contribution >= 4 is 21.8 Å². The number of nitrogens with one attached hydrogen (secondary N) is 1. The SMILES string of the molecule is CC1CCC(CO)(NC(=O)C(Br)C(C)C)CC1. The van der Waals surface area contributed by atoms with Crippen molar-refractivity contribution in [3.05, 3.63) is 0 Å². The standard InChI is InChI=1S/C13H24BrNO2/c1-9(2)11(14)12(17)15-13(8-16)6-4-10(3)5-7-13/h9-11,16H,4-8H2,1-3H3,(H,15,17). The quantitative estimate of drug-likeness (QED) is 0.784. The van der Waals surface area contributed by atoms with Gasteiger partial charge in [-0.2, -0.15) is 0 Å². The van der Waals surface area contributed by atoms with Crippen LogP contribution in [0.3, 0.4) is 0 Å². The molecule has 0 aromatic rings. The maximum atomic E-state index is 12.0. The van der Waals surface area contributed by atoms with Crippen molar-refractivity contribution < 1.29 is 9.90 Å². The molecule has 100 valence electrons. The Kier molecular flexibility index (Phi) is 5.45. The molecule has 0 aliphatic heterocycles. The predicted octanol–water partition coefficient (Wildman–Crippen LogP) is 2.46. The third-order valence-electron chi connectivity index (χ3n) is 3.76. The van der Waals surface area contributed by atoms with Gasteiger partial charge in [-0.25, -0.2) is 0 Å². The van der Waals surface area contributed by atoms with E-state index in [1.54, 1.807) is 0 Å². The fourth-order valence-corrected chi connectivity index (χ4v) is 2.38. The van der Waals surface area contributed by atoms with Crippen LogP contribution in [-0.4, -0.2) is 28.0 Å². The van der Waals surface area contributed by atoms with Crippen LogP contribution >= 0.6 is 15.9 Å². The average Bonchev–Trinajstić information content (AvgIpc) is 2.31. The Morgan fingerprint density at radius 2 is 2.00 bits per heavy atom. The fraction of sp³-hybridized carbons (Fsp3) is 0.923. The molecule has 0 spiro atoms. The molecule has 1 amide bonds. The maximum absolute atomic E-state index is 12.0. The Morgan fingerprint density at radius 3 is 2.41 bits per heavy atom. The van der Waals surface area contributed by atoms with Gasteiger partial charge in [-0.15, -0.1) is 0 Å². The summed E-state index contributed by atoms with van der Waals surface area (Å²) in [4.78, 5) is 11.9. The molecule has 17 heavy (non-hydrogen) atoms. The van der Waals surface area contributed by atoms with Crippen LogP contribution in [0.4, 0.5) is 0 Å². The molecule has 0 saturated heterocycles. The molecule has 0 radical (unpaired) electrons. The van der Waals surface area contributed by atoms with Crippen LogP contribution in [0.15, 0.2) is 0 Å². The van der Waals surface area contributed by atoms with Crippen LogP contribution in [0.1, 0.15) is 46.5 Å². The average molecular weight is 306 g/mol.